The second-order valence-corrected chi connectivity index (χ2v) is 6.75. The van der Waals surface area contributed by atoms with Crippen molar-refractivity contribution in [3.63, 3.8) is 0 Å². The van der Waals surface area contributed by atoms with E-state index in [4.69, 9.17) is 0 Å². The van der Waals surface area contributed by atoms with Crippen molar-refractivity contribution in [1.29, 1.82) is 0 Å². The van der Waals surface area contributed by atoms with E-state index in [1.807, 2.05) is 10.6 Å². The summed E-state index contributed by atoms with van der Waals surface area (Å²) in [6, 6.07) is 5.71. The third-order valence-electron chi connectivity index (χ3n) is 4.93. The molecule has 0 bridgehead atoms. The van der Waals surface area contributed by atoms with Crippen LogP contribution in [0.25, 0.3) is 11.0 Å². The van der Waals surface area contributed by atoms with Crippen molar-refractivity contribution in [2.24, 2.45) is 0 Å². The minimum Gasteiger partial charge on any atom is -0.298 e. The van der Waals surface area contributed by atoms with Gasteiger partial charge >= 0.3 is 5.69 Å². The normalized spacial score (nSPS) is 12.5. The van der Waals surface area contributed by atoms with Crippen molar-refractivity contribution < 1.29 is 4.79 Å². The Balaban J connectivity index is 2.61. The fourth-order valence-electron chi connectivity index (χ4n) is 3.32. The van der Waals surface area contributed by atoms with E-state index in [1.165, 1.54) is 5.56 Å². The zero-order chi connectivity index (χ0) is 18.6. The van der Waals surface area contributed by atoms with Crippen LogP contribution >= 0.6 is 0 Å². The van der Waals surface area contributed by atoms with Crippen LogP contribution in [-0.2, 0) is 17.8 Å². The lowest BCUT2D eigenvalue weighted by Gasteiger charge is -2.16. The highest BCUT2D eigenvalue weighted by Gasteiger charge is 2.23. The van der Waals surface area contributed by atoms with Crippen molar-refractivity contribution in [2.45, 2.75) is 72.4 Å². The second-order valence-electron chi connectivity index (χ2n) is 6.75. The Kier molecular flexibility index (Phi) is 6.40. The summed E-state index contributed by atoms with van der Waals surface area (Å²) in [5.41, 5.74) is 4.04. The van der Waals surface area contributed by atoms with E-state index in [0.717, 1.165) is 42.3 Å². The first kappa shape index (κ1) is 19.2. The predicted octanol–water partition coefficient (Wildman–Crippen LogP) is 4.65. The summed E-state index contributed by atoms with van der Waals surface area (Å²) in [5, 5.41) is 0. The Bertz CT molecular complexity index is 826. The average Bonchev–Trinajstić information content (AvgIpc) is 2.87. The third-order valence-corrected chi connectivity index (χ3v) is 4.93. The molecule has 0 aliphatic heterocycles. The molecule has 0 radical (unpaired) electrons. The summed E-state index contributed by atoms with van der Waals surface area (Å²) < 4.78 is 3.52. The molecule has 2 aromatic rings. The van der Waals surface area contributed by atoms with E-state index in [-0.39, 0.29) is 11.5 Å². The van der Waals surface area contributed by atoms with E-state index in [1.54, 1.807) is 11.5 Å². The molecule has 2 rings (SSSR count). The van der Waals surface area contributed by atoms with Gasteiger partial charge in [-0.05, 0) is 56.7 Å². The van der Waals surface area contributed by atoms with Crippen molar-refractivity contribution in [2.75, 3.05) is 0 Å². The van der Waals surface area contributed by atoms with Gasteiger partial charge in [-0.2, -0.15) is 0 Å². The fraction of sp³-hybridized carbons (Fsp3) is 0.524. The zero-order valence-corrected chi connectivity index (χ0v) is 16.0. The number of allylic oxidation sites excluding steroid dienone is 1. The highest BCUT2D eigenvalue weighted by Crippen LogP contribution is 2.24. The number of aryl methyl sites for hydroxylation is 2. The monoisotopic (exact) mass is 342 g/mol. The number of rotatable bonds is 9. The first-order chi connectivity index (χ1) is 11.9. The van der Waals surface area contributed by atoms with Gasteiger partial charge in [-0.1, -0.05) is 39.0 Å². The second kappa shape index (κ2) is 8.32. The summed E-state index contributed by atoms with van der Waals surface area (Å²) in [4.78, 5) is 25.4. The number of benzene rings is 1. The van der Waals surface area contributed by atoms with Crippen LogP contribution in [0.15, 0.2) is 35.1 Å². The Labute approximate surface area is 150 Å². The number of carbonyl (C=O) groups is 1. The maximum Gasteiger partial charge on any atom is 0.329 e. The van der Waals surface area contributed by atoms with Crippen LogP contribution in [0, 0.1) is 0 Å². The molecule has 0 aliphatic carbocycles. The number of imidazole rings is 1. The average molecular weight is 342 g/mol. The molecule has 0 aliphatic rings. The van der Waals surface area contributed by atoms with Crippen LogP contribution in [0.5, 0.6) is 0 Å². The summed E-state index contributed by atoms with van der Waals surface area (Å²) in [6.45, 7) is 12.5. The van der Waals surface area contributed by atoms with Gasteiger partial charge in [0.2, 0.25) is 0 Å². The lowest BCUT2D eigenvalue weighted by molar-refractivity contribution is -0.120. The molecule has 0 fully saturated rings. The van der Waals surface area contributed by atoms with Crippen molar-refractivity contribution >= 4 is 16.8 Å². The molecule has 1 heterocycles. The molecule has 1 unspecified atom stereocenters. The molecule has 1 aromatic heterocycles. The number of nitrogens with zero attached hydrogens (tertiary/aromatic N) is 2. The summed E-state index contributed by atoms with van der Waals surface area (Å²) in [7, 11) is 0. The van der Waals surface area contributed by atoms with Crippen LogP contribution in [0.3, 0.4) is 0 Å². The van der Waals surface area contributed by atoms with Crippen LogP contribution in [0.1, 0.15) is 65.0 Å². The molecule has 0 saturated heterocycles. The third kappa shape index (κ3) is 3.94. The molecule has 0 N–H and O–H groups in total. The van der Waals surface area contributed by atoms with Gasteiger partial charge in [-0.3, -0.25) is 13.9 Å². The van der Waals surface area contributed by atoms with Gasteiger partial charge in [-0.15, -0.1) is 0 Å². The molecule has 4 nitrogen and oxygen atoms in total. The molecular weight excluding hydrogens is 312 g/mol. The SMILES string of the molecule is C=C(CC)CCC(C(C)=O)n1c(=O)n(CCC)c2cc(CC)ccc21. The topological polar surface area (TPSA) is 44.0 Å². The molecule has 25 heavy (non-hydrogen) atoms. The fourth-order valence-corrected chi connectivity index (χ4v) is 3.32. The van der Waals surface area contributed by atoms with E-state index < -0.39 is 6.04 Å². The highest BCUT2D eigenvalue weighted by molar-refractivity contribution is 5.84. The zero-order valence-electron chi connectivity index (χ0n) is 16.0. The van der Waals surface area contributed by atoms with Gasteiger partial charge in [0.25, 0.3) is 0 Å². The Morgan fingerprint density at radius 3 is 2.48 bits per heavy atom. The number of hydrogen-bond acceptors (Lipinski definition) is 2. The van der Waals surface area contributed by atoms with Gasteiger partial charge in [0.15, 0.2) is 5.78 Å². The van der Waals surface area contributed by atoms with E-state index in [2.05, 4.69) is 39.5 Å². The largest absolute Gasteiger partial charge is 0.329 e. The minimum absolute atomic E-state index is 0.0288. The maximum absolute atomic E-state index is 13.1. The van der Waals surface area contributed by atoms with Crippen LogP contribution in [0.4, 0.5) is 0 Å². The van der Waals surface area contributed by atoms with Gasteiger partial charge < -0.3 is 0 Å². The van der Waals surface area contributed by atoms with E-state index in [9.17, 15) is 9.59 Å². The first-order valence-corrected chi connectivity index (χ1v) is 9.35. The molecule has 4 heteroatoms. The van der Waals surface area contributed by atoms with Gasteiger partial charge in [0.1, 0.15) is 0 Å². The molecule has 136 valence electrons. The van der Waals surface area contributed by atoms with E-state index in [0.29, 0.717) is 13.0 Å². The van der Waals surface area contributed by atoms with E-state index >= 15 is 0 Å². The number of hydrogen-bond donors (Lipinski definition) is 0. The minimum atomic E-state index is -0.427. The van der Waals surface area contributed by atoms with Crippen LogP contribution in [0.2, 0.25) is 0 Å². The van der Waals surface area contributed by atoms with Gasteiger partial charge in [0.05, 0.1) is 17.1 Å². The van der Waals surface area contributed by atoms with Crippen LogP contribution < -0.4 is 5.69 Å². The molecule has 1 atom stereocenters. The number of carbonyl (C=O) groups excluding carboxylic acids is 1. The van der Waals surface area contributed by atoms with Gasteiger partial charge in [0, 0.05) is 6.54 Å². The number of ketones is 1. The smallest absolute Gasteiger partial charge is 0.298 e. The molecule has 0 amide bonds. The van der Waals surface area contributed by atoms with Crippen molar-refractivity contribution in [3.8, 4) is 0 Å². The lowest BCUT2D eigenvalue weighted by atomic mass is 10.0. The maximum atomic E-state index is 13.1. The quantitative estimate of drug-likeness (QED) is 0.623. The Hall–Kier alpha value is -2.10. The molecule has 1 aromatic carbocycles. The molecule has 0 spiro atoms. The number of aromatic nitrogens is 2. The predicted molar refractivity (Wildman–Crippen MR) is 104 cm³/mol. The molecular formula is C21H30N2O2. The molecule has 0 saturated carbocycles. The highest BCUT2D eigenvalue weighted by atomic mass is 16.2. The lowest BCUT2D eigenvalue weighted by Crippen LogP contribution is -2.30. The first-order valence-electron chi connectivity index (χ1n) is 9.35. The van der Waals surface area contributed by atoms with Crippen molar-refractivity contribution in [3.05, 3.63) is 46.4 Å². The van der Waals surface area contributed by atoms with Gasteiger partial charge in [-0.25, -0.2) is 4.79 Å². The summed E-state index contributed by atoms with van der Waals surface area (Å²) in [5.74, 6) is 0.0288. The summed E-state index contributed by atoms with van der Waals surface area (Å²) in [6.07, 6.45) is 4.10. The van der Waals surface area contributed by atoms with Crippen LogP contribution in [-0.4, -0.2) is 14.9 Å². The Morgan fingerprint density at radius 1 is 1.20 bits per heavy atom. The number of fused-ring (bicyclic) bond motifs is 1. The Morgan fingerprint density at radius 2 is 1.92 bits per heavy atom. The standard InChI is InChI=1S/C21H30N2O2/c1-6-13-22-20-14-17(8-3)10-12-19(20)23(21(22)25)18(16(5)24)11-9-15(4)7-2/h10,12,14,18H,4,6-9,11,13H2,1-3,5H3. The summed E-state index contributed by atoms with van der Waals surface area (Å²) >= 11 is 0. The number of Topliss-reactive ketones (excluding diaryl/α,β-unsaturated/α-hetero) is 1. The van der Waals surface area contributed by atoms with Crippen molar-refractivity contribution in [1.82, 2.24) is 9.13 Å².